The maximum Gasteiger partial charge on any atom is 0.338 e. The maximum atomic E-state index is 13.5. The van der Waals surface area contributed by atoms with E-state index in [9.17, 15) is 14.0 Å². The van der Waals surface area contributed by atoms with E-state index >= 15 is 0 Å². The molecule has 1 N–H and O–H groups in total. The fraction of sp³-hybridized carbons (Fsp3) is 0.200. The lowest BCUT2D eigenvalue weighted by molar-refractivity contribution is -0.113. The maximum absolute atomic E-state index is 13.5. The van der Waals surface area contributed by atoms with Gasteiger partial charge in [-0.25, -0.2) is 9.18 Å². The largest absolute Gasteiger partial charge is 0.462 e. The van der Waals surface area contributed by atoms with Crippen molar-refractivity contribution in [1.82, 2.24) is 19.3 Å². The first kappa shape index (κ1) is 24.2. The smallest absolute Gasteiger partial charge is 0.338 e. The van der Waals surface area contributed by atoms with Crippen molar-refractivity contribution in [3.05, 3.63) is 89.8 Å². The fourth-order valence-electron chi connectivity index (χ4n) is 3.43. The molecule has 35 heavy (non-hydrogen) atoms. The van der Waals surface area contributed by atoms with Crippen LogP contribution in [0, 0.1) is 5.82 Å². The van der Waals surface area contributed by atoms with Crippen molar-refractivity contribution in [2.45, 2.75) is 18.5 Å². The zero-order valence-electron chi connectivity index (χ0n) is 19.3. The van der Waals surface area contributed by atoms with Crippen LogP contribution in [0.25, 0.3) is 5.69 Å². The van der Waals surface area contributed by atoms with Crippen LogP contribution in [0.4, 0.5) is 10.1 Å². The van der Waals surface area contributed by atoms with Gasteiger partial charge < -0.3 is 14.6 Å². The van der Waals surface area contributed by atoms with E-state index < -0.39 is 5.97 Å². The van der Waals surface area contributed by atoms with Crippen molar-refractivity contribution in [1.29, 1.82) is 0 Å². The average Bonchev–Trinajstić information content (AvgIpc) is 3.45. The van der Waals surface area contributed by atoms with Gasteiger partial charge in [0.05, 0.1) is 17.9 Å². The van der Waals surface area contributed by atoms with Crippen LogP contribution in [0.1, 0.15) is 28.8 Å². The van der Waals surface area contributed by atoms with Crippen LogP contribution < -0.4 is 5.32 Å². The summed E-state index contributed by atoms with van der Waals surface area (Å²) in [7, 11) is 1.95. The first-order valence-electron chi connectivity index (χ1n) is 10.9. The number of thioether (sulfide) groups is 1. The Morgan fingerprint density at radius 2 is 1.80 bits per heavy atom. The lowest BCUT2D eigenvalue weighted by Crippen LogP contribution is -2.15. The first-order valence-corrected chi connectivity index (χ1v) is 11.9. The van der Waals surface area contributed by atoms with Crippen LogP contribution in [0.3, 0.4) is 0 Å². The molecular formula is C25H24FN5O3S. The summed E-state index contributed by atoms with van der Waals surface area (Å²) in [6.45, 7) is 2.04. The molecule has 2 heterocycles. The number of esters is 1. The Bertz CT molecular complexity index is 1320. The number of nitrogens with one attached hydrogen (secondary N) is 1. The molecule has 4 aromatic rings. The zero-order valence-corrected chi connectivity index (χ0v) is 20.1. The van der Waals surface area contributed by atoms with E-state index in [1.165, 1.54) is 23.9 Å². The summed E-state index contributed by atoms with van der Waals surface area (Å²) in [5.74, 6) is -0.226. The van der Waals surface area contributed by atoms with Gasteiger partial charge in [-0.05, 0) is 67.6 Å². The number of halogens is 1. The van der Waals surface area contributed by atoms with Gasteiger partial charge in [0, 0.05) is 36.7 Å². The number of hydrogen-bond acceptors (Lipinski definition) is 6. The third-order valence-corrected chi connectivity index (χ3v) is 6.12. The van der Waals surface area contributed by atoms with Crippen molar-refractivity contribution in [2.75, 3.05) is 17.7 Å². The average molecular weight is 494 g/mol. The summed E-state index contributed by atoms with van der Waals surface area (Å²) in [6, 6.07) is 16.5. The number of carbonyl (C=O) groups is 2. The fourth-order valence-corrected chi connectivity index (χ4v) is 4.20. The lowest BCUT2D eigenvalue weighted by Gasteiger charge is -2.11. The number of aryl methyl sites for hydroxylation is 1. The molecule has 8 nitrogen and oxygen atoms in total. The molecule has 180 valence electrons. The number of ether oxygens (including phenoxy) is 1. The molecule has 10 heteroatoms. The van der Waals surface area contributed by atoms with Gasteiger partial charge in [-0.15, -0.1) is 10.2 Å². The number of carbonyl (C=O) groups excluding carboxylic acids is 2. The molecule has 0 aliphatic heterocycles. The minimum Gasteiger partial charge on any atom is -0.462 e. The highest BCUT2D eigenvalue weighted by Gasteiger charge is 2.17. The van der Waals surface area contributed by atoms with Crippen molar-refractivity contribution in [2.24, 2.45) is 7.05 Å². The molecule has 0 spiro atoms. The Labute approximate surface area is 206 Å². The monoisotopic (exact) mass is 493 g/mol. The van der Waals surface area contributed by atoms with Gasteiger partial charge in [-0.3, -0.25) is 9.36 Å². The minimum atomic E-state index is -0.410. The van der Waals surface area contributed by atoms with Crippen LogP contribution in [0.2, 0.25) is 0 Å². The van der Waals surface area contributed by atoms with Crippen LogP contribution >= 0.6 is 11.8 Å². The van der Waals surface area contributed by atoms with E-state index in [1.54, 1.807) is 43.3 Å². The van der Waals surface area contributed by atoms with Crippen molar-refractivity contribution in [3.63, 3.8) is 0 Å². The second-order valence-corrected chi connectivity index (χ2v) is 8.58. The Hall–Kier alpha value is -3.92. The molecule has 4 rings (SSSR count). The van der Waals surface area contributed by atoms with E-state index in [4.69, 9.17) is 4.74 Å². The SMILES string of the molecule is CCOC(=O)c1ccc(NC(=O)CSc2nnc(Cc3cccn3C)n2-c2ccc(F)cc2)cc1. The summed E-state index contributed by atoms with van der Waals surface area (Å²) in [5.41, 5.74) is 2.73. The number of aromatic nitrogens is 4. The number of rotatable bonds is 9. The molecule has 0 radical (unpaired) electrons. The Morgan fingerprint density at radius 3 is 2.46 bits per heavy atom. The Balaban J connectivity index is 1.47. The quantitative estimate of drug-likeness (QED) is 0.277. The number of anilines is 1. The van der Waals surface area contributed by atoms with Gasteiger partial charge in [0.25, 0.3) is 0 Å². The van der Waals surface area contributed by atoms with E-state index in [0.29, 0.717) is 40.9 Å². The standard InChI is InChI=1S/C25H24FN5O3S/c1-3-34-24(33)17-6-10-19(11-7-17)27-23(32)16-35-25-29-28-22(15-21-5-4-14-30(21)2)31(25)20-12-8-18(26)9-13-20/h4-14H,3,15-16H2,1-2H3,(H,27,32). The normalized spacial score (nSPS) is 10.8. The number of hydrogen-bond donors (Lipinski definition) is 1. The second kappa shape index (κ2) is 11.0. The van der Waals surface area contributed by atoms with Gasteiger partial charge in [-0.2, -0.15) is 0 Å². The van der Waals surface area contributed by atoms with Crippen LogP contribution in [-0.2, 0) is 23.0 Å². The van der Waals surface area contributed by atoms with Gasteiger partial charge in [0.1, 0.15) is 11.6 Å². The minimum absolute atomic E-state index is 0.0864. The van der Waals surface area contributed by atoms with Gasteiger partial charge in [-0.1, -0.05) is 11.8 Å². The number of benzene rings is 2. The predicted octanol–water partition coefficient (Wildman–Crippen LogP) is 4.24. The highest BCUT2D eigenvalue weighted by Crippen LogP contribution is 2.24. The van der Waals surface area contributed by atoms with E-state index in [0.717, 1.165) is 5.69 Å². The molecular weight excluding hydrogens is 469 g/mol. The molecule has 0 saturated carbocycles. The highest BCUT2D eigenvalue weighted by molar-refractivity contribution is 7.99. The lowest BCUT2D eigenvalue weighted by atomic mass is 10.2. The molecule has 2 aromatic heterocycles. The second-order valence-electron chi connectivity index (χ2n) is 7.63. The molecule has 0 unspecified atom stereocenters. The van der Waals surface area contributed by atoms with E-state index in [1.807, 2.05) is 34.5 Å². The molecule has 0 fully saturated rings. The third kappa shape index (κ3) is 5.96. The van der Waals surface area contributed by atoms with E-state index in [-0.39, 0.29) is 17.5 Å². The van der Waals surface area contributed by atoms with Crippen molar-refractivity contribution < 1.29 is 18.7 Å². The highest BCUT2D eigenvalue weighted by atomic mass is 32.2. The van der Waals surface area contributed by atoms with Gasteiger partial charge in [0.15, 0.2) is 5.16 Å². The van der Waals surface area contributed by atoms with Crippen LogP contribution in [0.15, 0.2) is 72.0 Å². The van der Waals surface area contributed by atoms with Crippen molar-refractivity contribution >= 4 is 29.3 Å². The summed E-state index contributed by atoms with van der Waals surface area (Å²) in [4.78, 5) is 24.3. The molecule has 1 amide bonds. The molecule has 0 aliphatic rings. The van der Waals surface area contributed by atoms with Gasteiger partial charge >= 0.3 is 5.97 Å². The summed E-state index contributed by atoms with van der Waals surface area (Å²) in [6.07, 6.45) is 2.47. The number of nitrogens with zero attached hydrogens (tertiary/aromatic N) is 4. The van der Waals surface area contributed by atoms with Crippen LogP contribution in [0.5, 0.6) is 0 Å². The van der Waals surface area contributed by atoms with Gasteiger partial charge in [0.2, 0.25) is 5.91 Å². The van der Waals surface area contributed by atoms with Crippen LogP contribution in [-0.4, -0.2) is 43.6 Å². The van der Waals surface area contributed by atoms with E-state index in [2.05, 4.69) is 15.5 Å². The van der Waals surface area contributed by atoms with Crippen molar-refractivity contribution in [3.8, 4) is 5.69 Å². The number of amides is 1. The molecule has 0 bridgehead atoms. The predicted molar refractivity (Wildman–Crippen MR) is 131 cm³/mol. The molecule has 0 aliphatic carbocycles. The molecule has 2 aromatic carbocycles. The first-order chi connectivity index (χ1) is 16.9. The third-order valence-electron chi connectivity index (χ3n) is 5.19. The Kier molecular flexibility index (Phi) is 7.61. The summed E-state index contributed by atoms with van der Waals surface area (Å²) >= 11 is 1.23. The zero-order chi connectivity index (χ0) is 24.8. The topological polar surface area (TPSA) is 91.0 Å². The molecule has 0 atom stereocenters. The molecule has 0 saturated heterocycles. The summed E-state index contributed by atoms with van der Waals surface area (Å²) in [5, 5.41) is 12.0. The Morgan fingerprint density at radius 1 is 1.06 bits per heavy atom. The summed E-state index contributed by atoms with van der Waals surface area (Å²) < 4.78 is 22.3.